The number of rotatable bonds is 2. The van der Waals surface area contributed by atoms with E-state index in [1.54, 1.807) is 6.20 Å². The van der Waals surface area contributed by atoms with Gasteiger partial charge in [-0.25, -0.2) is 14.3 Å². The summed E-state index contributed by atoms with van der Waals surface area (Å²) < 4.78 is 6.72. The second-order valence-electron chi connectivity index (χ2n) is 7.48. The van der Waals surface area contributed by atoms with Crippen LogP contribution in [0, 0.1) is 11.3 Å². The molecule has 4 fully saturated rings. The van der Waals surface area contributed by atoms with Gasteiger partial charge in [-0.3, -0.25) is 0 Å². The van der Waals surface area contributed by atoms with E-state index in [0.29, 0.717) is 25.2 Å². The normalized spacial score (nSPS) is 44.0. The minimum Gasteiger partial charge on any atom is -0.448 e. The molecule has 0 aromatic carbocycles. The van der Waals surface area contributed by atoms with Crippen LogP contribution >= 0.6 is 0 Å². The van der Waals surface area contributed by atoms with Crippen molar-refractivity contribution in [3.05, 3.63) is 18.7 Å². The number of hydrogen-bond donors (Lipinski definition) is 2. The third-order valence-corrected chi connectivity index (χ3v) is 5.34. The van der Waals surface area contributed by atoms with Crippen LogP contribution in [0.5, 0.6) is 0 Å². The molecule has 4 bridgehead atoms. The third kappa shape index (κ3) is 2.17. The summed E-state index contributed by atoms with van der Waals surface area (Å²) >= 11 is 0. The van der Waals surface area contributed by atoms with Crippen LogP contribution in [0.3, 0.4) is 0 Å². The zero-order chi connectivity index (χ0) is 14.7. The van der Waals surface area contributed by atoms with Crippen molar-refractivity contribution in [2.45, 2.75) is 49.7 Å². The Morgan fingerprint density at radius 1 is 1.24 bits per heavy atom. The third-order valence-electron chi connectivity index (χ3n) is 5.34. The SMILES string of the molecule is O=C(OCC12CC3CC(O)(CC(O)(C3)C1)C2)n1ccnc1. The highest BCUT2D eigenvalue weighted by molar-refractivity contribution is 5.70. The molecule has 2 unspecified atom stereocenters. The Bertz CT molecular complexity index is 552. The van der Waals surface area contributed by atoms with Gasteiger partial charge in [0.15, 0.2) is 0 Å². The summed E-state index contributed by atoms with van der Waals surface area (Å²) in [5.74, 6) is 0.336. The van der Waals surface area contributed by atoms with Gasteiger partial charge in [-0.1, -0.05) is 0 Å². The Balaban J connectivity index is 1.51. The van der Waals surface area contributed by atoms with Gasteiger partial charge in [0.2, 0.25) is 0 Å². The van der Waals surface area contributed by atoms with Crippen LogP contribution in [0.25, 0.3) is 0 Å². The van der Waals surface area contributed by atoms with Crippen molar-refractivity contribution in [3.8, 4) is 0 Å². The quantitative estimate of drug-likeness (QED) is 0.858. The fourth-order valence-electron chi connectivity index (χ4n) is 5.35. The van der Waals surface area contributed by atoms with Crippen molar-refractivity contribution in [1.29, 1.82) is 0 Å². The molecule has 0 aliphatic heterocycles. The van der Waals surface area contributed by atoms with Crippen LogP contribution in [0.2, 0.25) is 0 Å². The van der Waals surface area contributed by atoms with Gasteiger partial charge in [0.1, 0.15) is 6.33 Å². The van der Waals surface area contributed by atoms with Gasteiger partial charge in [-0.15, -0.1) is 0 Å². The highest BCUT2D eigenvalue weighted by Gasteiger charge is 2.63. The number of nitrogens with zero attached hydrogens (tertiary/aromatic N) is 2. The van der Waals surface area contributed by atoms with E-state index >= 15 is 0 Å². The van der Waals surface area contributed by atoms with Gasteiger partial charge in [-0.05, 0) is 38.0 Å². The summed E-state index contributed by atoms with van der Waals surface area (Å²) in [6.45, 7) is 0.255. The lowest BCUT2D eigenvalue weighted by molar-refractivity contribution is -0.237. The van der Waals surface area contributed by atoms with Crippen molar-refractivity contribution in [2.75, 3.05) is 6.61 Å². The Morgan fingerprint density at radius 3 is 2.52 bits per heavy atom. The molecule has 5 rings (SSSR count). The Labute approximate surface area is 122 Å². The molecule has 2 atom stereocenters. The molecule has 6 heteroatoms. The number of carbonyl (C=O) groups is 1. The number of aromatic nitrogens is 2. The molecule has 114 valence electrons. The van der Waals surface area contributed by atoms with Crippen LogP contribution < -0.4 is 0 Å². The van der Waals surface area contributed by atoms with E-state index in [-0.39, 0.29) is 12.0 Å². The van der Waals surface area contributed by atoms with Crippen LogP contribution in [0.15, 0.2) is 18.7 Å². The second kappa shape index (κ2) is 4.08. The van der Waals surface area contributed by atoms with Crippen molar-refractivity contribution >= 4 is 6.09 Å². The van der Waals surface area contributed by atoms with Gasteiger partial charge in [0, 0.05) is 24.2 Å². The summed E-state index contributed by atoms with van der Waals surface area (Å²) in [4.78, 5) is 15.8. The van der Waals surface area contributed by atoms with E-state index in [1.165, 1.54) is 17.1 Å². The number of aliphatic hydroxyl groups is 2. The van der Waals surface area contributed by atoms with E-state index in [0.717, 1.165) is 19.3 Å². The maximum Gasteiger partial charge on any atom is 0.419 e. The largest absolute Gasteiger partial charge is 0.448 e. The molecule has 1 aromatic rings. The summed E-state index contributed by atoms with van der Waals surface area (Å²) in [5.41, 5.74) is -1.84. The fraction of sp³-hybridized carbons (Fsp3) is 0.733. The summed E-state index contributed by atoms with van der Waals surface area (Å²) in [5, 5.41) is 21.3. The maximum atomic E-state index is 11.9. The lowest BCUT2D eigenvalue weighted by Gasteiger charge is -2.62. The van der Waals surface area contributed by atoms with Crippen molar-refractivity contribution in [1.82, 2.24) is 9.55 Å². The highest BCUT2D eigenvalue weighted by Crippen LogP contribution is 2.63. The van der Waals surface area contributed by atoms with E-state index < -0.39 is 17.3 Å². The summed E-state index contributed by atoms with van der Waals surface area (Å²) in [7, 11) is 0. The van der Waals surface area contributed by atoms with E-state index in [4.69, 9.17) is 4.74 Å². The molecule has 1 heterocycles. The molecule has 4 aliphatic rings. The minimum atomic E-state index is -0.782. The number of hydrogen-bond acceptors (Lipinski definition) is 5. The van der Waals surface area contributed by atoms with Crippen molar-refractivity contribution < 1.29 is 19.7 Å². The predicted octanol–water partition coefficient (Wildman–Crippen LogP) is 1.31. The average Bonchev–Trinajstić information content (AvgIpc) is 2.85. The van der Waals surface area contributed by atoms with Crippen molar-refractivity contribution in [3.63, 3.8) is 0 Å². The lowest BCUT2D eigenvalue weighted by Crippen LogP contribution is -2.64. The van der Waals surface area contributed by atoms with Gasteiger partial charge in [0.05, 0.1) is 17.8 Å². The van der Waals surface area contributed by atoms with Crippen molar-refractivity contribution in [2.24, 2.45) is 11.3 Å². The molecule has 2 N–H and O–H groups in total. The van der Waals surface area contributed by atoms with Crippen LogP contribution in [-0.2, 0) is 4.74 Å². The molecule has 4 aliphatic carbocycles. The standard InChI is InChI=1S/C15H20N2O4/c18-12(17-2-1-16-10-17)21-9-13-3-11-4-14(19,6-13)8-15(20,5-11)7-13/h1-2,10-11,19-20H,3-9H2. The van der Waals surface area contributed by atoms with E-state index in [9.17, 15) is 15.0 Å². The number of imidazole rings is 1. The van der Waals surface area contributed by atoms with Gasteiger partial charge in [-0.2, -0.15) is 0 Å². The first-order valence-corrected chi connectivity index (χ1v) is 7.49. The number of carbonyl (C=O) groups excluding carboxylic acids is 1. The van der Waals surface area contributed by atoms with Crippen LogP contribution in [0.1, 0.15) is 38.5 Å². The zero-order valence-corrected chi connectivity index (χ0v) is 11.9. The Kier molecular flexibility index (Phi) is 2.58. The summed E-state index contributed by atoms with van der Waals surface area (Å²) in [6.07, 6.45) is 8.19. The second-order valence-corrected chi connectivity index (χ2v) is 7.48. The topological polar surface area (TPSA) is 84.6 Å². The highest BCUT2D eigenvalue weighted by atomic mass is 16.5. The first kappa shape index (κ1) is 13.3. The monoisotopic (exact) mass is 292 g/mol. The molecule has 6 nitrogen and oxygen atoms in total. The van der Waals surface area contributed by atoms with Gasteiger partial charge in [0.25, 0.3) is 0 Å². The molecular weight excluding hydrogens is 272 g/mol. The average molecular weight is 292 g/mol. The first-order chi connectivity index (χ1) is 9.90. The summed E-state index contributed by atoms with van der Waals surface area (Å²) in [6, 6.07) is 0. The number of ether oxygens (including phenoxy) is 1. The molecule has 21 heavy (non-hydrogen) atoms. The molecule has 0 radical (unpaired) electrons. The molecule has 0 amide bonds. The zero-order valence-electron chi connectivity index (χ0n) is 11.9. The molecule has 0 saturated heterocycles. The minimum absolute atomic E-state index is 0.255. The van der Waals surface area contributed by atoms with E-state index in [1.807, 2.05) is 0 Å². The smallest absolute Gasteiger partial charge is 0.419 e. The predicted molar refractivity (Wildman–Crippen MR) is 72.5 cm³/mol. The molecule has 0 spiro atoms. The van der Waals surface area contributed by atoms with Gasteiger partial charge >= 0.3 is 6.09 Å². The van der Waals surface area contributed by atoms with Crippen LogP contribution in [-0.4, -0.2) is 43.7 Å². The Morgan fingerprint density at radius 2 is 1.95 bits per heavy atom. The fourth-order valence-corrected chi connectivity index (χ4v) is 5.35. The Hall–Kier alpha value is -1.40. The maximum absolute atomic E-state index is 11.9. The lowest BCUT2D eigenvalue weighted by atomic mass is 9.46. The van der Waals surface area contributed by atoms with Crippen LogP contribution in [0.4, 0.5) is 4.79 Å². The first-order valence-electron chi connectivity index (χ1n) is 7.49. The molecule has 1 aromatic heterocycles. The van der Waals surface area contributed by atoms with Gasteiger partial charge < -0.3 is 14.9 Å². The molecular formula is C15H20N2O4. The molecule has 4 saturated carbocycles. The van der Waals surface area contributed by atoms with E-state index in [2.05, 4.69) is 4.98 Å².